The predicted octanol–water partition coefficient (Wildman–Crippen LogP) is 3.05. The Morgan fingerprint density at radius 1 is 1.21 bits per heavy atom. The predicted molar refractivity (Wildman–Crippen MR) is 80.6 cm³/mol. The number of pyridine rings is 1. The van der Waals surface area contributed by atoms with Gasteiger partial charge in [-0.1, -0.05) is 39.0 Å². The van der Waals surface area contributed by atoms with E-state index in [1.165, 1.54) is 10.9 Å². The van der Waals surface area contributed by atoms with Crippen LogP contribution in [0.2, 0.25) is 0 Å². The molecule has 2 aromatic rings. The lowest BCUT2D eigenvalue weighted by molar-refractivity contribution is 0.309. The second kappa shape index (κ2) is 5.68. The van der Waals surface area contributed by atoms with Gasteiger partial charge in [0.15, 0.2) is 0 Å². The molecule has 0 amide bonds. The largest absolute Gasteiger partial charge is 0.271 e. The van der Waals surface area contributed by atoms with Crippen LogP contribution in [0, 0.1) is 5.41 Å². The molecule has 1 heterocycles. The standard InChI is InChI=1S/C16H23N3/c1-16(2,3)11-13(19-17)10-12-8-9-18-15-7-5-4-6-14(12)15/h4-9,13,19H,10-11,17H2,1-3H3. The summed E-state index contributed by atoms with van der Waals surface area (Å²) < 4.78 is 0. The maximum absolute atomic E-state index is 5.71. The van der Waals surface area contributed by atoms with Crippen molar-refractivity contribution in [3.05, 3.63) is 42.1 Å². The van der Waals surface area contributed by atoms with Gasteiger partial charge in [-0.15, -0.1) is 0 Å². The quantitative estimate of drug-likeness (QED) is 0.654. The van der Waals surface area contributed by atoms with Gasteiger partial charge < -0.3 is 0 Å². The van der Waals surface area contributed by atoms with Crippen molar-refractivity contribution in [1.29, 1.82) is 0 Å². The number of nitrogens with zero attached hydrogens (tertiary/aromatic N) is 1. The fourth-order valence-electron chi connectivity index (χ4n) is 2.53. The fraction of sp³-hybridized carbons (Fsp3) is 0.438. The van der Waals surface area contributed by atoms with Crippen molar-refractivity contribution in [3.8, 4) is 0 Å². The van der Waals surface area contributed by atoms with Crippen LogP contribution in [0.5, 0.6) is 0 Å². The topological polar surface area (TPSA) is 50.9 Å². The lowest BCUT2D eigenvalue weighted by Gasteiger charge is -2.25. The van der Waals surface area contributed by atoms with Gasteiger partial charge in [-0.25, -0.2) is 0 Å². The van der Waals surface area contributed by atoms with Gasteiger partial charge in [0.1, 0.15) is 0 Å². The highest BCUT2D eigenvalue weighted by atomic mass is 15.2. The summed E-state index contributed by atoms with van der Waals surface area (Å²) >= 11 is 0. The molecule has 3 heteroatoms. The Morgan fingerprint density at radius 2 is 1.95 bits per heavy atom. The van der Waals surface area contributed by atoms with Crippen LogP contribution in [0.4, 0.5) is 0 Å². The van der Waals surface area contributed by atoms with Gasteiger partial charge in [0, 0.05) is 17.6 Å². The Bertz CT molecular complexity index is 538. The van der Waals surface area contributed by atoms with Crippen LogP contribution in [0.3, 0.4) is 0 Å². The first kappa shape index (κ1) is 14.0. The van der Waals surface area contributed by atoms with Crippen molar-refractivity contribution in [2.75, 3.05) is 0 Å². The highest BCUT2D eigenvalue weighted by Crippen LogP contribution is 2.24. The van der Waals surface area contributed by atoms with E-state index in [2.05, 4.69) is 49.4 Å². The van der Waals surface area contributed by atoms with Crippen LogP contribution in [-0.4, -0.2) is 11.0 Å². The molecular weight excluding hydrogens is 234 g/mol. The molecule has 3 nitrogen and oxygen atoms in total. The molecular formula is C16H23N3. The summed E-state index contributed by atoms with van der Waals surface area (Å²) in [6.07, 6.45) is 3.85. The first-order valence-electron chi connectivity index (χ1n) is 6.78. The van der Waals surface area contributed by atoms with Gasteiger partial charge in [-0.2, -0.15) is 0 Å². The first-order chi connectivity index (χ1) is 8.99. The zero-order chi connectivity index (χ0) is 13.9. The molecule has 2 rings (SSSR count). The van der Waals surface area contributed by atoms with Gasteiger partial charge in [0.2, 0.25) is 0 Å². The number of rotatable bonds is 4. The van der Waals surface area contributed by atoms with Gasteiger partial charge in [-0.3, -0.25) is 16.3 Å². The average molecular weight is 257 g/mol. The zero-order valence-corrected chi connectivity index (χ0v) is 12.0. The maximum atomic E-state index is 5.71. The van der Waals surface area contributed by atoms with Gasteiger partial charge in [-0.05, 0) is 36.0 Å². The van der Waals surface area contributed by atoms with Gasteiger partial charge in [0.25, 0.3) is 0 Å². The summed E-state index contributed by atoms with van der Waals surface area (Å²) in [7, 11) is 0. The van der Waals surface area contributed by atoms with E-state index < -0.39 is 0 Å². The molecule has 0 bridgehead atoms. The summed E-state index contributed by atoms with van der Waals surface area (Å²) in [5, 5.41) is 1.22. The SMILES string of the molecule is CC(C)(C)CC(Cc1ccnc2ccccc12)NN. The summed E-state index contributed by atoms with van der Waals surface area (Å²) in [5.41, 5.74) is 5.57. The molecule has 0 fully saturated rings. The molecule has 0 saturated heterocycles. The number of hydrogen-bond donors (Lipinski definition) is 2. The third-order valence-electron chi connectivity index (χ3n) is 3.30. The smallest absolute Gasteiger partial charge is 0.0704 e. The van der Waals surface area contributed by atoms with E-state index >= 15 is 0 Å². The number of benzene rings is 1. The minimum atomic E-state index is 0.264. The second-order valence-electron chi connectivity index (χ2n) is 6.32. The first-order valence-corrected chi connectivity index (χ1v) is 6.78. The third kappa shape index (κ3) is 3.75. The highest BCUT2D eigenvalue weighted by Gasteiger charge is 2.18. The van der Waals surface area contributed by atoms with E-state index in [0.717, 1.165) is 18.4 Å². The molecule has 1 aromatic carbocycles. The number of hydrazine groups is 1. The molecule has 19 heavy (non-hydrogen) atoms. The number of nitrogens with one attached hydrogen (secondary N) is 1. The monoisotopic (exact) mass is 257 g/mol. The summed E-state index contributed by atoms with van der Waals surface area (Å²) in [5.74, 6) is 5.71. The number of nitrogens with two attached hydrogens (primary N) is 1. The number of aromatic nitrogens is 1. The Hall–Kier alpha value is -1.45. The molecule has 1 aromatic heterocycles. The van der Waals surface area contributed by atoms with Crippen molar-refractivity contribution in [1.82, 2.24) is 10.4 Å². The van der Waals surface area contributed by atoms with Crippen molar-refractivity contribution < 1.29 is 0 Å². The minimum Gasteiger partial charge on any atom is -0.271 e. The molecule has 1 unspecified atom stereocenters. The van der Waals surface area contributed by atoms with Crippen LogP contribution >= 0.6 is 0 Å². The van der Waals surface area contributed by atoms with Crippen LogP contribution in [0.25, 0.3) is 10.9 Å². The molecule has 3 N–H and O–H groups in total. The normalized spacial score (nSPS) is 13.7. The van der Waals surface area contributed by atoms with E-state index in [-0.39, 0.29) is 11.5 Å². The van der Waals surface area contributed by atoms with Crippen molar-refractivity contribution >= 4 is 10.9 Å². The van der Waals surface area contributed by atoms with E-state index in [0.29, 0.717) is 0 Å². The third-order valence-corrected chi connectivity index (χ3v) is 3.30. The maximum Gasteiger partial charge on any atom is 0.0704 e. The minimum absolute atomic E-state index is 0.264. The average Bonchev–Trinajstić information content (AvgIpc) is 2.37. The lowest BCUT2D eigenvalue weighted by atomic mass is 9.86. The summed E-state index contributed by atoms with van der Waals surface area (Å²) in [6.45, 7) is 6.71. The lowest BCUT2D eigenvalue weighted by Crippen LogP contribution is -2.39. The van der Waals surface area contributed by atoms with E-state index in [1.807, 2.05) is 18.3 Å². The van der Waals surface area contributed by atoms with Gasteiger partial charge >= 0.3 is 0 Å². The fourth-order valence-corrected chi connectivity index (χ4v) is 2.53. The molecule has 0 aliphatic rings. The molecule has 0 spiro atoms. The zero-order valence-electron chi connectivity index (χ0n) is 12.0. The molecule has 0 saturated carbocycles. The molecule has 0 aliphatic heterocycles. The molecule has 102 valence electrons. The molecule has 0 radical (unpaired) electrons. The van der Waals surface area contributed by atoms with Crippen LogP contribution in [0.1, 0.15) is 32.8 Å². The van der Waals surface area contributed by atoms with Crippen molar-refractivity contribution in [2.45, 2.75) is 39.7 Å². The van der Waals surface area contributed by atoms with E-state index in [4.69, 9.17) is 5.84 Å². The summed E-state index contributed by atoms with van der Waals surface area (Å²) in [6, 6.07) is 10.6. The Morgan fingerprint density at radius 3 is 2.63 bits per heavy atom. The van der Waals surface area contributed by atoms with E-state index in [9.17, 15) is 0 Å². The number of hydrogen-bond acceptors (Lipinski definition) is 3. The van der Waals surface area contributed by atoms with Crippen LogP contribution < -0.4 is 11.3 Å². The van der Waals surface area contributed by atoms with Crippen LogP contribution in [0.15, 0.2) is 36.5 Å². The number of fused-ring (bicyclic) bond motifs is 1. The second-order valence-corrected chi connectivity index (χ2v) is 6.32. The van der Waals surface area contributed by atoms with Crippen molar-refractivity contribution in [2.24, 2.45) is 11.3 Å². The molecule has 1 atom stereocenters. The van der Waals surface area contributed by atoms with Crippen molar-refractivity contribution in [3.63, 3.8) is 0 Å². The number of para-hydroxylation sites is 1. The van der Waals surface area contributed by atoms with Gasteiger partial charge in [0.05, 0.1) is 5.52 Å². The summed E-state index contributed by atoms with van der Waals surface area (Å²) in [4.78, 5) is 4.40. The van der Waals surface area contributed by atoms with Crippen LogP contribution in [-0.2, 0) is 6.42 Å². The van der Waals surface area contributed by atoms with E-state index in [1.54, 1.807) is 0 Å². The highest BCUT2D eigenvalue weighted by molar-refractivity contribution is 5.81. The Labute approximate surface area is 115 Å². The Balaban J connectivity index is 2.24. The molecule has 0 aliphatic carbocycles. The Kier molecular flexibility index (Phi) is 4.17.